The van der Waals surface area contributed by atoms with E-state index in [9.17, 15) is 4.79 Å². The Labute approximate surface area is 92.6 Å². The molecule has 1 N–H and O–H groups in total. The van der Waals surface area contributed by atoms with E-state index in [0.717, 1.165) is 5.92 Å². The van der Waals surface area contributed by atoms with Crippen LogP contribution in [-0.2, 0) is 9.53 Å². The van der Waals surface area contributed by atoms with Crippen LogP contribution < -0.4 is 5.32 Å². The molecule has 15 heavy (non-hydrogen) atoms. The van der Waals surface area contributed by atoms with Crippen molar-refractivity contribution in [3.05, 3.63) is 0 Å². The van der Waals surface area contributed by atoms with Gasteiger partial charge in [-0.1, -0.05) is 13.3 Å². The normalized spacial score (nSPS) is 25.1. The number of ether oxygens (including phenoxy) is 1. The fourth-order valence-electron chi connectivity index (χ4n) is 1.92. The van der Waals surface area contributed by atoms with Crippen LogP contribution in [0.3, 0.4) is 0 Å². The fourth-order valence-corrected chi connectivity index (χ4v) is 1.92. The maximum Gasteiger partial charge on any atom is 0.312 e. The zero-order valence-corrected chi connectivity index (χ0v) is 10.3. The van der Waals surface area contributed by atoms with Crippen molar-refractivity contribution in [3.63, 3.8) is 0 Å². The van der Waals surface area contributed by atoms with Gasteiger partial charge in [-0.2, -0.15) is 0 Å². The van der Waals surface area contributed by atoms with Gasteiger partial charge in [-0.05, 0) is 32.6 Å². The molecule has 0 spiro atoms. The Kier molecular flexibility index (Phi) is 4.14. The van der Waals surface area contributed by atoms with Gasteiger partial charge in [0.25, 0.3) is 0 Å². The molecule has 1 rings (SSSR count). The van der Waals surface area contributed by atoms with Crippen molar-refractivity contribution >= 4 is 5.97 Å². The summed E-state index contributed by atoms with van der Waals surface area (Å²) in [5, 5.41) is 3.45. The molecule has 1 aliphatic carbocycles. The summed E-state index contributed by atoms with van der Waals surface area (Å²) in [6.45, 7) is 6.77. The zero-order valence-electron chi connectivity index (χ0n) is 10.3. The summed E-state index contributed by atoms with van der Waals surface area (Å²) in [7, 11) is 1.45. The fraction of sp³-hybridized carbons (Fsp3) is 0.917. The average molecular weight is 213 g/mol. The number of methoxy groups -OCH3 is 1. The van der Waals surface area contributed by atoms with Crippen molar-refractivity contribution < 1.29 is 9.53 Å². The van der Waals surface area contributed by atoms with Crippen LogP contribution in [0.1, 0.15) is 40.0 Å². The smallest absolute Gasteiger partial charge is 0.312 e. The van der Waals surface area contributed by atoms with Crippen molar-refractivity contribution in [1.29, 1.82) is 0 Å². The molecule has 3 heteroatoms. The highest BCUT2D eigenvalue weighted by Gasteiger charge is 2.38. The summed E-state index contributed by atoms with van der Waals surface area (Å²) in [4.78, 5) is 11.4. The van der Waals surface area contributed by atoms with Crippen molar-refractivity contribution in [2.45, 2.75) is 46.1 Å². The highest BCUT2D eigenvalue weighted by Crippen LogP contribution is 2.35. The van der Waals surface area contributed by atoms with Gasteiger partial charge in [-0.25, -0.2) is 0 Å². The molecule has 1 saturated carbocycles. The first-order chi connectivity index (χ1) is 7.01. The van der Waals surface area contributed by atoms with Crippen molar-refractivity contribution in [2.75, 3.05) is 13.7 Å². The van der Waals surface area contributed by atoms with Crippen LogP contribution in [0.4, 0.5) is 0 Å². The predicted octanol–water partition coefficient (Wildman–Crippen LogP) is 1.96. The Morgan fingerprint density at radius 3 is 2.73 bits per heavy atom. The van der Waals surface area contributed by atoms with E-state index < -0.39 is 5.41 Å². The summed E-state index contributed by atoms with van der Waals surface area (Å²) in [5.41, 5.74) is -0.409. The van der Waals surface area contributed by atoms with Gasteiger partial charge in [0.05, 0.1) is 12.5 Å². The number of nitrogens with one attached hydrogen (secondary N) is 1. The molecule has 88 valence electrons. The molecule has 0 aromatic carbocycles. The second kappa shape index (κ2) is 4.97. The molecule has 1 aliphatic rings. The Morgan fingerprint density at radius 1 is 1.53 bits per heavy atom. The lowest BCUT2D eigenvalue weighted by Crippen LogP contribution is -2.38. The van der Waals surface area contributed by atoms with Crippen LogP contribution in [0.5, 0.6) is 0 Å². The number of hydrogen-bond donors (Lipinski definition) is 1. The van der Waals surface area contributed by atoms with Crippen LogP contribution in [0.2, 0.25) is 0 Å². The van der Waals surface area contributed by atoms with E-state index in [4.69, 9.17) is 4.74 Å². The summed E-state index contributed by atoms with van der Waals surface area (Å²) in [6.07, 6.45) is 3.82. The molecule has 0 saturated heterocycles. The molecular weight excluding hydrogens is 190 g/mol. The summed E-state index contributed by atoms with van der Waals surface area (Å²) < 4.78 is 4.76. The number of esters is 1. The largest absolute Gasteiger partial charge is 0.469 e. The lowest BCUT2D eigenvalue weighted by Gasteiger charge is -2.21. The minimum atomic E-state index is -0.409. The van der Waals surface area contributed by atoms with Gasteiger partial charge in [0.1, 0.15) is 0 Å². The molecule has 0 aliphatic heterocycles. The molecule has 0 aromatic rings. The molecule has 0 bridgehead atoms. The molecule has 2 atom stereocenters. The monoisotopic (exact) mass is 213 g/mol. The van der Waals surface area contributed by atoms with Gasteiger partial charge in [-0.15, -0.1) is 0 Å². The first kappa shape index (κ1) is 12.5. The van der Waals surface area contributed by atoms with Crippen LogP contribution in [0.25, 0.3) is 0 Å². The van der Waals surface area contributed by atoms with Crippen molar-refractivity contribution in [3.8, 4) is 0 Å². The van der Waals surface area contributed by atoms with Gasteiger partial charge in [0, 0.05) is 12.6 Å². The predicted molar refractivity (Wildman–Crippen MR) is 60.6 cm³/mol. The molecule has 0 aromatic heterocycles. The number of rotatable bonds is 6. The third kappa shape index (κ3) is 3.49. The number of carbonyl (C=O) groups is 1. The average Bonchev–Trinajstić information content (AvgIpc) is 2.93. The van der Waals surface area contributed by atoms with E-state index >= 15 is 0 Å². The Bertz CT molecular complexity index is 226. The van der Waals surface area contributed by atoms with E-state index in [-0.39, 0.29) is 5.97 Å². The van der Waals surface area contributed by atoms with E-state index in [2.05, 4.69) is 12.2 Å². The second-order valence-electron chi connectivity index (χ2n) is 5.15. The summed E-state index contributed by atoms with van der Waals surface area (Å²) in [6, 6.07) is 0.633. The van der Waals surface area contributed by atoms with Crippen molar-refractivity contribution in [2.24, 2.45) is 11.3 Å². The van der Waals surface area contributed by atoms with Crippen LogP contribution in [0, 0.1) is 11.3 Å². The van der Waals surface area contributed by atoms with Gasteiger partial charge < -0.3 is 10.1 Å². The van der Waals surface area contributed by atoms with Gasteiger partial charge >= 0.3 is 5.97 Å². The minimum Gasteiger partial charge on any atom is -0.469 e. The topological polar surface area (TPSA) is 38.3 Å². The Hall–Kier alpha value is -0.570. The first-order valence-electron chi connectivity index (χ1n) is 5.83. The highest BCUT2D eigenvalue weighted by molar-refractivity contribution is 5.76. The van der Waals surface area contributed by atoms with Gasteiger partial charge in [0.15, 0.2) is 0 Å². The number of carbonyl (C=O) groups excluding carboxylic acids is 1. The Balaban J connectivity index is 2.23. The maximum absolute atomic E-state index is 11.4. The SMILES string of the molecule is CCCC1CC1NCC(C)(C)C(=O)OC. The van der Waals surface area contributed by atoms with E-state index in [1.807, 2.05) is 13.8 Å². The highest BCUT2D eigenvalue weighted by atomic mass is 16.5. The first-order valence-corrected chi connectivity index (χ1v) is 5.83. The van der Waals surface area contributed by atoms with E-state index in [1.54, 1.807) is 0 Å². The maximum atomic E-state index is 11.4. The van der Waals surface area contributed by atoms with Gasteiger partial charge in [0.2, 0.25) is 0 Å². The third-order valence-corrected chi connectivity index (χ3v) is 3.13. The van der Waals surface area contributed by atoms with Crippen LogP contribution in [-0.4, -0.2) is 25.7 Å². The number of hydrogen-bond acceptors (Lipinski definition) is 3. The standard InChI is InChI=1S/C12H23NO2/c1-5-6-9-7-10(9)13-8-12(2,3)11(14)15-4/h9-10,13H,5-8H2,1-4H3. The zero-order chi connectivity index (χ0) is 11.5. The quantitative estimate of drug-likeness (QED) is 0.685. The minimum absolute atomic E-state index is 0.136. The molecular formula is C12H23NO2. The molecule has 1 fully saturated rings. The lowest BCUT2D eigenvalue weighted by molar-refractivity contribution is -0.150. The summed E-state index contributed by atoms with van der Waals surface area (Å²) >= 11 is 0. The molecule has 0 radical (unpaired) electrons. The second-order valence-corrected chi connectivity index (χ2v) is 5.15. The third-order valence-electron chi connectivity index (χ3n) is 3.13. The van der Waals surface area contributed by atoms with E-state index in [0.29, 0.717) is 12.6 Å². The molecule has 0 amide bonds. The molecule has 0 heterocycles. The van der Waals surface area contributed by atoms with Crippen LogP contribution >= 0.6 is 0 Å². The van der Waals surface area contributed by atoms with Crippen LogP contribution in [0.15, 0.2) is 0 Å². The lowest BCUT2D eigenvalue weighted by atomic mass is 9.94. The van der Waals surface area contributed by atoms with E-state index in [1.165, 1.54) is 26.4 Å². The van der Waals surface area contributed by atoms with Crippen molar-refractivity contribution in [1.82, 2.24) is 5.32 Å². The molecule has 2 unspecified atom stereocenters. The van der Waals surface area contributed by atoms with Gasteiger partial charge in [-0.3, -0.25) is 4.79 Å². The summed E-state index contributed by atoms with van der Waals surface area (Å²) in [5.74, 6) is 0.700. The molecule has 3 nitrogen and oxygen atoms in total. The Morgan fingerprint density at radius 2 is 2.20 bits per heavy atom.